The zero-order valence-corrected chi connectivity index (χ0v) is 14.4. The molecule has 0 unspecified atom stereocenters. The van der Waals surface area contributed by atoms with Crippen molar-refractivity contribution in [1.29, 1.82) is 0 Å². The van der Waals surface area contributed by atoms with Gasteiger partial charge in [-0.15, -0.1) is 0 Å². The Hall–Kier alpha value is -2.56. The van der Waals surface area contributed by atoms with E-state index in [0.29, 0.717) is 25.4 Å². The van der Waals surface area contributed by atoms with Gasteiger partial charge in [0.2, 0.25) is 0 Å². The average molecular weight is 341 g/mol. The van der Waals surface area contributed by atoms with Crippen LogP contribution in [0.3, 0.4) is 0 Å². The zero-order chi connectivity index (χ0) is 17.6. The number of esters is 1. The summed E-state index contributed by atoms with van der Waals surface area (Å²) in [5.74, 6) is 0.141. The Morgan fingerprint density at radius 2 is 1.96 bits per heavy atom. The molecular formula is C20H23NO4. The van der Waals surface area contributed by atoms with Crippen LogP contribution in [0.15, 0.2) is 42.5 Å². The summed E-state index contributed by atoms with van der Waals surface area (Å²) < 4.78 is 10.7. The van der Waals surface area contributed by atoms with Gasteiger partial charge in [-0.25, -0.2) is 0 Å². The van der Waals surface area contributed by atoms with Crippen LogP contribution in [0.2, 0.25) is 0 Å². The Labute approximate surface area is 147 Å². The molecule has 0 aromatic heterocycles. The summed E-state index contributed by atoms with van der Waals surface area (Å²) in [6.07, 6.45) is 1.58. The van der Waals surface area contributed by atoms with E-state index in [1.165, 1.54) is 0 Å². The summed E-state index contributed by atoms with van der Waals surface area (Å²) >= 11 is 0. The van der Waals surface area contributed by atoms with Crippen molar-refractivity contribution in [3.05, 3.63) is 42.5 Å². The van der Waals surface area contributed by atoms with Crippen LogP contribution in [0.5, 0.6) is 5.75 Å². The fourth-order valence-electron chi connectivity index (χ4n) is 3.15. The highest BCUT2D eigenvalue weighted by Crippen LogP contribution is 2.21. The average Bonchev–Trinajstić information content (AvgIpc) is 2.66. The Bertz CT molecular complexity index is 758. The van der Waals surface area contributed by atoms with Gasteiger partial charge in [-0.05, 0) is 42.7 Å². The second kappa shape index (κ2) is 8.01. The number of rotatable bonds is 5. The summed E-state index contributed by atoms with van der Waals surface area (Å²) in [5.41, 5.74) is 0. The van der Waals surface area contributed by atoms with Gasteiger partial charge in [0.25, 0.3) is 5.91 Å². The summed E-state index contributed by atoms with van der Waals surface area (Å²) in [6, 6.07) is 13.8. The van der Waals surface area contributed by atoms with Crippen molar-refractivity contribution < 1.29 is 19.1 Å². The molecule has 3 rings (SSSR count). The standard InChI is InChI=1S/C20H23NO4/c1-2-24-20(23)17-8-5-11-21(13-17)19(22)14-25-18-10-9-15-6-3-4-7-16(15)12-18/h3-4,6-7,9-10,12,17H,2,5,8,11,13-14H2,1H3/t17-/m1/s1. The van der Waals surface area contributed by atoms with Crippen LogP contribution < -0.4 is 4.74 Å². The van der Waals surface area contributed by atoms with Crippen molar-refractivity contribution >= 4 is 22.6 Å². The monoisotopic (exact) mass is 341 g/mol. The number of benzene rings is 2. The Morgan fingerprint density at radius 3 is 2.76 bits per heavy atom. The van der Waals surface area contributed by atoms with Gasteiger partial charge in [-0.2, -0.15) is 0 Å². The molecule has 5 nitrogen and oxygen atoms in total. The number of hydrogen-bond acceptors (Lipinski definition) is 4. The van der Waals surface area contributed by atoms with Gasteiger partial charge in [0.15, 0.2) is 6.61 Å². The van der Waals surface area contributed by atoms with E-state index in [1.54, 1.807) is 11.8 Å². The number of carbonyl (C=O) groups excluding carboxylic acids is 2. The van der Waals surface area contributed by atoms with Crippen LogP contribution in [0.25, 0.3) is 10.8 Å². The third-order valence-corrected chi connectivity index (χ3v) is 4.48. The fourth-order valence-corrected chi connectivity index (χ4v) is 3.15. The van der Waals surface area contributed by atoms with E-state index in [2.05, 4.69) is 0 Å². The Kier molecular flexibility index (Phi) is 5.53. The van der Waals surface area contributed by atoms with Crippen molar-refractivity contribution in [2.24, 2.45) is 5.92 Å². The van der Waals surface area contributed by atoms with E-state index in [1.807, 2.05) is 42.5 Å². The highest BCUT2D eigenvalue weighted by Gasteiger charge is 2.29. The quantitative estimate of drug-likeness (QED) is 0.785. The molecule has 0 spiro atoms. The maximum Gasteiger partial charge on any atom is 0.310 e. The fraction of sp³-hybridized carbons (Fsp3) is 0.400. The van der Waals surface area contributed by atoms with E-state index in [4.69, 9.17) is 9.47 Å². The third-order valence-electron chi connectivity index (χ3n) is 4.48. The molecule has 0 N–H and O–H groups in total. The molecule has 1 fully saturated rings. The number of nitrogens with zero attached hydrogens (tertiary/aromatic N) is 1. The summed E-state index contributed by atoms with van der Waals surface area (Å²) in [4.78, 5) is 26.0. The molecule has 0 radical (unpaired) electrons. The number of hydrogen-bond donors (Lipinski definition) is 0. The first kappa shape index (κ1) is 17.3. The summed E-state index contributed by atoms with van der Waals surface area (Å²) in [7, 11) is 0. The second-order valence-electron chi connectivity index (χ2n) is 6.23. The van der Waals surface area contributed by atoms with Crippen LogP contribution >= 0.6 is 0 Å². The third kappa shape index (κ3) is 4.29. The number of carbonyl (C=O) groups is 2. The van der Waals surface area contributed by atoms with E-state index in [9.17, 15) is 9.59 Å². The van der Waals surface area contributed by atoms with Crippen LogP contribution in [0, 0.1) is 5.92 Å². The highest BCUT2D eigenvalue weighted by molar-refractivity contribution is 5.84. The van der Waals surface area contributed by atoms with Gasteiger partial charge < -0.3 is 14.4 Å². The van der Waals surface area contributed by atoms with Gasteiger partial charge in [0, 0.05) is 13.1 Å². The molecule has 132 valence electrons. The normalized spacial score (nSPS) is 17.3. The zero-order valence-electron chi connectivity index (χ0n) is 14.4. The first-order chi connectivity index (χ1) is 12.2. The lowest BCUT2D eigenvalue weighted by Crippen LogP contribution is -2.44. The topological polar surface area (TPSA) is 55.8 Å². The molecule has 0 saturated carbocycles. The predicted octanol–water partition coefficient (Wildman–Crippen LogP) is 3.02. The smallest absolute Gasteiger partial charge is 0.310 e. The van der Waals surface area contributed by atoms with E-state index in [-0.39, 0.29) is 24.4 Å². The molecule has 0 aliphatic carbocycles. The Balaban J connectivity index is 1.56. The first-order valence-electron chi connectivity index (χ1n) is 8.73. The minimum absolute atomic E-state index is 0.0200. The molecule has 1 saturated heterocycles. The predicted molar refractivity (Wildman–Crippen MR) is 95.4 cm³/mol. The molecule has 2 aromatic carbocycles. The number of piperidine rings is 1. The number of likely N-dealkylation sites (tertiary alicyclic amines) is 1. The lowest BCUT2D eigenvalue weighted by Gasteiger charge is -2.31. The molecule has 1 aliphatic heterocycles. The molecule has 5 heteroatoms. The van der Waals surface area contributed by atoms with E-state index in [0.717, 1.165) is 23.6 Å². The molecule has 1 amide bonds. The van der Waals surface area contributed by atoms with Gasteiger partial charge in [-0.1, -0.05) is 30.3 Å². The minimum Gasteiger partial charge on any atom is -0.484 e. The highest BCUT2D eigenvalue weighted by atomic mass is 16.5. The molecular weight excluding hydrogens is 318 g/mol. The van der Waals surface area contributed by atoms with Gasteiger partial charge >= 0.3 is 5.97 Å². The Morgan fingerprint density at radius 1 is 1.16 bits per heavy atom. The lowest BCUT2D eigenvalue weighted by molar-refractivity contribution is -0.151. The number of amides is 1. The maximum absolute atomic E-state index is 12.4. The molecule has 1 atom stereocenters. The van der Waals surface area contributed by atoms with Crippen LogP contribution in [0.1, 0.15) is 19.8 Å². The molecule has 25 heavy (non-hydrogen) atoms. The van der Waals surface area contributed by atoms with Gasteiger partial charge in [-0.3, -0.25) is 9.59 Å². The van der Waals surface area contributed by atoms with Crippen molar-refractivity contribution in [2.75, 3.05) is 26.3 Å². The van der Waals surface area contributed by atoms with Crippen LogP contribution in [-0.2, 0) is 14.3 Å². The summed E-state index contributed by atoms with van der Waals surface area (Å²) in [6.45, 7) is 3.22. The van der Waals surface area contributed by atoms with E-state index >= 15 is 0 Å². The van der Waals surface area contributed by atoms with Gasteiger partial charge in [0.1, 0.15) is 5.75 Å². The van der Waals surface area contributed by atoms with Crippen LogP contribution in [0.4, 0.5) is 0 Å². The number of ether oxygens (including phenoxy) is 2. The van der Waals surface area contributed by atoms with E-state index < -0.39 is 0 Å². The largest absolute Gasteiger partial charge is 0.484 e. The van der Waals surface area contributed by atoms with Crippen LogP contribution in [-0.4, -0.2) is 43.1 Å². The molecule has 1 heterocycles. The second-order valence-corrected chi connectivity index (χ2v) is 6.23. The molecule has 0 bridgehead atoms. The van der Waals surface area contributed by atoms with Gasteiger partial charge in [0.05, 0.1) is 12.5 Å². The maximum atomic E-state index is 12.4. The number of fused-ring (bicyclic) bond motifs is 1. The van der Waals surface area contributed by atoms with Crippen molar-refractivity contribution in [1.82, 2.24) is 4.90 Å². The molecule has 2 aromatic rings. The first-order valence-corrected chi connectivity index (χ1v) is 8.73. The SMILES string of the molecule is CCOC(=O)[C@@H]1CCCN(C(=O)COc2ccc3ccccc3c2)C1. The summed E-state index contributed by atoms with van der Waals surface area (Å²) in [5, 5.41) is 2.21. The molecule has 1 aliphatic rings. The van der Waals surface area contributed by atoms with Crippen molar-refractivity contribution in [2.45, 2.75) is 19.8 Å². The van der Waals surface area contributed by atoms with Crippen molar-refractivity contribution in [3.63, 3.8) is 0 Å². The minimum atomic E-state index is -0.224. The lowest BCUT2D eigenvalue weighted by atomic mass is 9.98. The van der Waals surface area contributed by atoms with Crippen molar-refractivity contribution in [3.8, 4) is 5.75 Å².